The minimum atomic E-state index is 0. The van der Waals surface area contributed by atoms with Crippen LogP contribution in [0.15, 0.2) is 29.3 Å². The molecule has 0 aliphatic rings. The first-order chi connectivity index (χ1) is 9.21. The summed E-state index contributed by atoms with van der Waals surface area (Å²) in [4.78, 5) is 6.75. The van der Waals surface area contributed by atoms with Crippen molar-refractivity contribution in [1.82, 2.24) is 4.90 Å². The van der Waals surface area contributed by atoms with E-state index in [0.717, 1.165) is 37.5 Å². The number of benzene rings is 1. The number of amidine groups is 1. The van der Waals surface area contributed by atoms with Gasteiger partial charge in [-0.05, 0) is 44.3 Å². The minimum Gasteiger partial charge on any atom is -0.494 e. The first kappa shape index (κ1) is 18.7. The average Bonchev–Trinajstić information content (AvgIpc) is 2.44. The average molecular weight is 300 g/mol. The molecule has 0 atom stereocenters. The molecule has 0 aliphatic heterocycles. The fraction of sp³-hybridized carbons (Fsp3) is 0.533. The van der Waals surface area contributed by atoms with E-state index in [9.17, 15) is 0 Å². The zero-order valence-electron chi connectivity index (χ0n) is 12.6. The highest BCUT2D eigenvalue weighted by atomic mass is 35.5. The molecule has 0 heterocycles. The van der Waals surface area contributed by atoms with Gasteiger partial charge in [-0.3, -0.25) is 4.99 Å². The highest BCUT2D eigenvalue weighted by Crippen LogP contribution is 2.11. The minimum absolute atomic E-state index is 0. The van der Waals surface area contributed by atoms with Gasteiger partial charge in [0.05, 0.1) is 13.2 Å². The fourth-order valence-electron chi connectivity index (χ4n) is 1.83. The summed E-state index contributed by atoms with van der Waals surface area (Å²) in [5, 5.41) is 0. The molecular formula is C15H26ClN3O. The Morgan fingerprint density at radius 1 is 1.15 bits per heavy atom. The molecule has 4 nitrogen and oxygen atoms in total. The normalized spacial score (nSPS) is 11.3. The third-order valence-electron chi connectivity index (χ3n) is 3.05. The van der Waals surface area contributed by atoms with Crippen LogP contribution in [0.3, 0.4) is 0 Å². The fourth-order valence-corrected chi connectivity index (χ4v) is 1.83. The predicted molar refractivity (Wildman–Crippen MR) is 88.2 cm³/mol. The van der Waals surface area contributed by atoms with Crippen LogP contribution in [0.1, 0.15) is 26.3 Å². The molecule has 0 bridgehead atoms. The quantitative estimate of drug-likeness (QED) is 0.593. The van der Waals surface area contributed by atoms with Crippen LogP contribution < -0.4 is 10.5 Å². The molecule has 0 spiro atoms. The van der Waals surface area contributed by atoms with Gasteiger partial charge in [-0.2, -0.15) is 0 Å². The van der Waals surface area contributed by atoms with Crippen molar-refractivity contribution in [1.29, 1.82) is 0 Å². The van der Waals surface area contributed by atoms with Gasteiger partial charge in [0.25, 0.3) is 0 Å². The summed E-state index contributed by atoms with van der Waals surface area (Å²) in [6, 6.07) is 7.74. The number of ether oxygens (including phenoxy) is 1. The number of rotatable bonds is 8. The SMILES string of the molecule is CCOc1ccc(C(N)=NCCN(CC)CC)cc1.Cl. The Kier molecular flexibility index (Phi) is 9.86. The second-order valence-corrected chi connectivity index (χ2v) is 4.25. The van der Waals surface area contributed by atoms with Gasteiger partial charge in [0.15, 0.2) is 0 Å². The van der Waals surface area contributed by atoms with Crippen molar-refractivity contribution in [3.63, 3.8) is 0 Å². The zero-order valence-corrected chi connectivity index (χ0v) is 13.4. The van der Waals surface area contributed by atoms with E-state index >= 15 is 0 Å². The van der Waals surface area contributed by atoms with E-state index in [0.29, 0.717) is 12.4 Å². The van der Waals surface area contributed by atoms with Gasteiger partial charge in [0.1, 0.15) is 11.6 Å². The standard InChI is InChI=1S/C15H25N3O.ClH/c1-4-18(5-2)12-11-17-15(16)13-7-9-14(10-8-13)19-6-3;/h7-10H,4-6,11-12H2,1-3H3,(H2,16,17);1H. The predicted octanol–water partition coefficient (Wildman–Crippen LogP) is 2.55. The molecule has 114 valence electrons. The van der Waals surface area contributed by atoms with Crippen LogP contribution in [0.2, 0.25) is 0 Å². The van der Waals surface area contributed by atoms with E-state index in [1.54, 1.807) is 0 Å². The lowest BCUT2D eigenvalue weighted by Crippen LogP contribution is -2.26. The Morgan fingerprint density at radius 2 is 1.75 bits per heavy atom. The molecule has 1 aromatic rings. The second-order valence-electron chi connectivity index (χ2n) is 4.25. The molecule has 5 heteroatoms. The molecule has 0 amide bonds. The Bertz CT molecular complexity index is 389. The summed E-state index contributed by atoms with van der Waals surface area (Å²) in [5.74, 6) is 1.46. The van der Waals surface area contributed by atoms with Gasteiger partial charge >= 0.3 is 0 Å². The van der Waals surface area contributed by atoms with E-state index in [1.807, 2.05) is 31.2 Å². The Morgan fingerprint density at radius 3 is 2.25 bits per heavy atom. The lowest BCUT2D eigenvalue weighted by Gasteiger charge is -2.16. The first-order valence-electron chi connectivity index (χ1n) is 6.96. The van der Waals surface area contributed by atoms with Crippen LogP contribution in [0, 0.1) is 0 Å². The smallest absolute Gasteiger partial charge is 0.125 e. The van der Waals surface area contributed by atoms with Crippen LogP contribution in [0.25, 0.3) is 0 Å². The maximum atomic E-state index is 5.98. The topological polar surface area (TPSA) is 50.9 Å². The summed E-state index contributed by atoms with van der Waals surface area (Å²) < 4.78 is 5.39. The molecule has 20 heavy (non-hydrogen) atoms. The summed E-state index contributed by atoms with van der Waals surface area (Å²) in [5.41, 5.74) is 6.93. The van der Waals surface area contributed by atoms with Crippen molar-refractivity contribution in [3.05, 3.63) is 29.8 Å². The molecule has 2 N–H and O–H groups in total. The molecular weight excluding hydrogens is 274 g/mol. The summed E-state index contributed by atoms with van der Waals surface area (Å²) in [7, 11) is 0. The van der Waals surface area contributed by atoms with E-state index in [4.69, 9.17) is 10.5 Å². The highest BCUT2D eigenvalue weighted by Gasteiger charge is 2.00. The third kappa shape index (κ3) is 6.26. The lowest BCUT2D eigenvalue weighted by atomic mass is 10.2. The zero-order chi connectivity index (χ0) is 14.1. The van der Waals surface area contributed by atoms with Gasteiger partial charge in [-0.25, -0.2) is 0 Å². The summed E-state index contributed by atoms with van der Waals surface area (Å²) in [6.07, 6.45) is 0. The molecule has 0 saturated heterocycles. The molecule has 1 aromatic carbocycles. The van der Waals surface area contributed by atoms with Crippen LogP contribution in [0.5, 0.6) is 5.75 Å². The van der Waals surface area contributed by atoms with Crippen LogP contribution in [-0.4, -0.2) is 43.5 Å². The molecule has 0 aromatic heterocycles. The maximum absolute atomic E-state index is 5.98. The Balaban J connectivity index is 0.00000361. The van der Waals surface area contributed by atoms with Crippen molar-refractivity contribution in [3.8, 4) is 5.75 Å². The van der Waals surface area contributed by atoms with Gasteiger partial charge in [0.2, 0.25) is 0 Å². The highest BCUT2D eigenvalue weighted by molar-refractivity contribution is 5.97. The molecule has 0 unspecified atom stereocenters. The Labute approximate surface area is 128 Å². The number of hydrogen-bond acceptors (Lipinski definition) is 3. The largest absolute Gasteiger partial charge is 0.494 e. The number of likely N-dealkylation sites (N-methyl/N-ethyl adjacent to an activating group) is 1. The summed E-state index contributed by atoms with van der Waals surface area (Å²) in [6.45, 7) is 10.7. The van der Waals surface area contributed by atoms with E-state index in [-0.39, 0.29) is 12.4 Å². The number of hydrogen-bond donors (Lipinski definition) is 1. The number of aliphatic imine (C=N–C) groups is 1. The van der Waals surface area contributed by atoms with Gasteiger partial charge in [0, 0.05) is 12.1 Å². The van der Waals surface area contributed by atoms with Crippen molar-refractivity contribution in [2.75, 3.05) is 32.8 Å². The molecule has 0 saturated carbocycles. The van der Waals surface area contributed by atoms with Crippen LogP contribution in [-0.2, 0) is 0 Å². The summed E-state index contributed by atoms with van der Waals surface area (Å²) >= 11 is 0. The number of nitrogens with two attached hydrogens (primary N) is 1. The van der Waals surface area contributed by atoms with Gasteiger partial charge < -0.3 is 15.4 Å². The van der Waals surface area contributed by atoms with Crippen molar-refractivity contribution in [2.45, 2.75) is 20.8 Å². The number of halogens is 1. The second kappa shape index (κ2) is 10.5. The molecule has 1 rings (SSSR count). The first-order valence-corrected chi connectivity index (χ1v) is 6.96. The van der Waals surface area contributed by atoms with Crippen molar-refractivity contribution < 1.29 is 4.74 Å². The maximum Gasteiger partial charge on any atom is 0.125 e. The van der Waals surface area contributed by atoms with Crippen molar-refractivity contribution >= 4 is 18.2 Å². The van der Waals surface area contributed by atoms with Crippen LogP contribution >= 0.6 is 12.4 Å². The monoisotopic (exact) mass is 299 g/mol. The van der Waals surface area contributed by atoms with Crippen molar-refractivity contribution in [2.24, 2.45) is 10.7 Å². The molecule has 0 fully saturated rings. The van der Waals surface area contributed by atoms with E-state index in [2.05, 4.69) is 23.7 Å². The Hall–Kier alpha value is -1.26. The molecule has 0 radical (unpaired) electrons. The third-order valence-corrected chi connectivity index (χ3v) is 3.05. The van der Waals surface area contributed by atoms with Crippen LogP contribution in [0.4, 0.5) is 0 Å². The van der Waals surface area contributed by atoms with Gasteiger partial charge in [-0.15, -0.1) is 12.4 Å². The number of nitrogens with zero attached hydrogens (tertiary/aromatic N) is 2. The van der Waals surface area contributed by atoms with Gasteiger partial charge in [-0.1, -0.05) is 13.8 Å². The van der Waals surface area contributed by atoms with E-state index < -0.39 is 0 Å². The lowest BCUT2D eigenvalue weighted by molar-refractivity contribution is 0.313. The van der Waals surface area contributed by atoms with E-state index in [1.165, 1.54) is 0 Å². The molecule has 0 aliphatic carbocycles.